The van der Waals surface area contributed by atoms with Crippen molar-refractivity contribution < 1.29 is 9.53 Å². The second kappa shape index (κ2) is 7.75. The van der Waals surface area contributed by atoms with E-state index >= 15 is 0 Å². The molecule has 1 N–H and O–H groups in total. The number of anilines is 1. The Hall–Kier alpha value is -2.94. The number of hydrogen-bond acceptors (Lipinski definition) is 6. The first kappa shape index (κ1) is 17.5. The molecule has 0 bridgehead atoms. The minimum absolute atomic E-state index is 0.0840. The number of hydrogen-bond donors (Lipinski definition) is 1. The number of nitrogens with one attached hydrogen (secondary N) is 1. The molecule has 1 aromatic carbocycles. The molecule has 1 amide bonds. The van der Waals surface area contributed by atoms with Crippen LogP contribution in [0, 0.1) is 0 Å². The number of benzene rings is 1. The van der Waals surface area contributed by atoms with Crippen LogP contribution in [-0.4, -0.2) is 63.1 Å². The predicted molar refractivity (Wildman–Crippen MR) is 101 cm³/mol. The first-order valence-corrected chi connectivity index (χ1v) is 9.12. The van der Waals surface area contributed by atoms with Gasteiger partial charge in [0, 0.05) is 38.8 Å². The van der Waals surface area contributed by atoms with Gasteiger partial charge in [-0.3, -0.25) is 4.79 Å². The first-order valence-electron chi connectivity index (χ1n) is 9.12. The molecule has 1 fully saturated rings. The van der Waals surface area contributed by atoms with E-state index in [-0.39, 0.29) is 5.91 Å². The highest BCUT2D eigenvalue weighted by Crippen LogP contribution is 2.23. The number of aromatic nitrogens is 5. The highest BCUT2D eigenvalue weighted by atomic mass is 16.5. The summed E-state index contributed by atoms with van der Waals surface area (Å²) in [6, 6.07) is 5.66. The van der Waals surface area contributed by atoms with Crippen LogP contribution in [0.25, 0.3) is 11.0 Å². The van der Waals surface area contributed by atoms with Crippen LogP contribution in [0.5, 0.6) is 0 Å². The Morgan fingerprint density at radius 1 is 1.22 bits per heavy atom. The molecule has 0 spiro atoms. The molecule has 1 aliphatic heterocycles. The van der Waals surface area contributed by atoms with Crippen molar-refractivity contribution in [3.63, 3.8) is 0 Å². The topological polar surface area (TPSA) is 90.1 Å². The number of morpholine rings is 1. The summed E-state index contributed by atoms with van der Waals surface area (Å²) in [7, 11) is 2.00. The summed E-state index contributed by atoms with van der Waals surface area (Å²) in [6.45, 7) is 4.46. The Labute approximate surface area is 156 Å². The summed E-state index contributed by atoms with van der Waals surface area (Å²) in [5.74, 6) is 0.832. The number of aryl methyl sites for hydroxylation is 2. The maximum atomic E-state index is 12.4. The third-order valence-corrected chi connectivity index (χ3v) is 4.76. The lowest BCUT2D eigenvalue weighted by molar-refractivity contribution is 0.0953. The fraction of sp³-hybridized carbons (Fsp3) is 0.444. The zero-order valence-corrected chi connectivity index (χ0v) is 15.3. The molecule has 0 radical (unpaired) electrons. The van der Waals surface area contributed by atoms with Crippen LogP contribution in [0.2, 0.25) is 0 Å². The van der Waals surface area contributed by atoms with Crippen LogP contribution >= 0.6 is 0 Å². The molecule has 3 aromatic rings. The molecule has 0 unspecified atom stereocenters. The number of amides is 1. The highest BCUT2D eigenvalue weighted by Gasteiger charge is 2.18. The lowest BCUT2D eigenvalue weighted by Gasteiger charge is -2.27. The molecule has 1 aliphatic rings. The van der Waals surface area contributed by atoms with Crippen molar-refractivity contribution in [2.24, 2.45) is 7.05 Å². The van der Waals surface area contributed by atoms with Gasteiger partial charge in [0.15, 0.2) is 0 Å². The van der Waals surface area contributed by atoms with E-state index in [0.717, 1.165) is 43.0 Å². The number of ether oxygens (including phenoxy) is 1. The summed E-state index contributed by atoms with van der Waals surface area (Å²) in [4.78, 5) is 19.4. The Morgan fingerprint density at radius 2 is 2.00 bits per heavy atom. The number of rotatable bonds is 6. The quantitative estimate of drug-likeness (QED) is 0.647. The third kappa shape index (κ3) is 3.77. The molecule has 3 heterocycles. The fourth-order valence-corrected chi connectivity index (χ4v) is 3.28. The standard InChI is InChI=1S/C18H23N7O2/c1-23-16-4-3-14(17(26)19-5-2-6-24-12-20-21-13-24)11-15(16)22-18(23)25-7-9-27-10-8-25/h3-4,11-13H,2,5-10H2,1H3,(H,19,26). The molecular formula is C18H23N7O2. The van der Waals surface area contributed by atoms with Gasteiger partial charge in [-0.2, -0.15) is 0 Å². The van der Waals surface area contributed by atoms with Crippen molar-refractivity contribution in [3.05, 3.63) is 36.4 Å². The minimum atomic E-state index is -0.0840. The summed E-state index contributed by atoms with van der Waals surface area (Å²) in [6.07, 6.45) is 4.16. The van der Waals surface area contributed by atoms with E-state index in [2.05, 4.69) is 25.0 Å². The molecule has 9 heteroatoms. The van der Waals surface area contributed by atoms with Crippen molar-refractivity contribution in [3.8, 4) is 0 Å². The van der Waals surface area contributed by atoms with Gasteiger partial charge in [-0.05, 0) is 24.6 Å². The Balaban J connectivity index is 1.42. The summed E-state index contributed by atoms with van der Waals surface area (Å²) >= 11 is 0. The van der Waals surface area contributed by atoms with Gasteiger partial charge < -0.3 is 24.1 Å². The number of imidazole rings is 1. The van der Waals surface area contributed by atoms with Gasteiger partial charge in [0.05, 0.1) is 24.2 Å². The van der Waals surface area contributed by atoms with Gasteiger partial charge in [-0.15, -0.1) is 10.2 Å². The number of nitrogens with zero attached hydrogens (tertiary/aromatic N) is 6. The van der Waals surface area contributed by atoms with Crippen LogP contribution in [0.1, 0.15) is 16.8 Å². The monoisotopic (exact) mass is 369 g/mol. The maximum absolute atomic E-state index is 12.4. The van der Waals surface area contributed by atoms with Crippen LogP contribution < -0.4 is 10.2 Å². The Kier molecular flexibility index (Phi) is 5.01. The Bertz CT molecular complexity index is 913. The molecule has 0 saturated carbocycles. The molecule has 9 nitrogen and oxygen atoms in total. The molecule has 0 aliphatic carbocycles. The summed E-state index contributed by atoms with van der Waals surface area (Å²) in [5, 5.41) is 10.5. The maximum Gasteiger partial charge on any atom is 0.251 e. The second-order valence-corrected chi connectivity index (χ2v) is 6.58. The van der Waals surface area contributed by atoms with Crippen molar-refractivity contribution in [2.75, 3.05) is 37.7 Å². The largest absolute Gasteiger partial charge is 0.378 e. The SMILES string of the molecule is Cn1c(N2CCOCC2)nc2cc(C(=O)NCCCn3cnnc3)ccc21. The van der Waals surface area contributed by atoms with E-state index in [1.54, 1.807) is 12.7 Å². The second-order valence-electron chi connectivity index (χ2n) is 6.58. The zero-order valence-electron chi connectivity index (χ0n) is 15.3. The summed E-state index contributed by atoms with van der Waals surface area (Å²) in [5.41, 5.74) is 2.47. The molecule has 2 aromatic heterocycles. The van der Waals surface area contributed by atoms with Crippen LogP contribution in [0.4, 0.5) is 5.95 Å². The number of carbonyl (C=O) groups excluding carboxylic acids is 1. The smallest absolute Gasteiger partial charge is 0.251 e. The number of fused-ring (bicyclic) bond motifs is 1. The predicted octanol–water partition coefficient (Wildman–Crippen LogP) is 0.821. The number of carbonyl (C=O) groups is 1. The van der Waals surface area contributed by atoms with Gasteiger partial charge in [0.1, 0.15) is 12.7 Å². The highest BCUT2D eigenvalue weighted by molar-refractivity contribution is 5.97. The molecule has 142 valence electrons. The minimum Gasteiger partial charge on any atom is -0.378 e. The van der Waals surface area contributed by atoms with Gasteiger partial charge >= 0.3 is 0 Å². The zero-order chi connectivity index (χ0) is 18.6. The van der Waals surface area contributed by atoms with E-state index in [1.807, 2.05) is 29.8 Å². The van der Waals surface area contributed by atoms with Gasteiger partial charge in [-0.1, -0.05) is 0 Å². The van der Waals surface area contributed by atoms with Crippen molar-refractivity contribution >= 4 is 22.9 Å². The van der Waals surface area contributed by atoms with Crippen LogP contribution in [0.15, 0.2) is 30.9 Å². The van der Waals surface area contributed by atoms with Crippen molar-refractivity contribution in [1.82, 2.24) is 29.6 Å². The van der Waals surface area contributed by atoms with Crippen LogP contribution in [0.3, 0.4) is 0 Å². The van der Waals surface area contributed by atoms with E-state index in [1.165, 1.54) is 0 Å². The third-order valence-electron chi connectivity index (χ3n) is 4.76. The normalized spacial score (nSPS) is 14.6. The van der Waals surface area contributed by atoms with Gasteiger partial charge in [-0.25, -0.2) is 4.98 Å². The Morgan fingerprint density at radius 3 is 2.78 bits per heavy atom. The van der Waals surface area contributed by atoms with Crippen LogP contribution in [-0.2, 0) is 18.3 Å². The lowest BCUT2D eigenvalue weighted by atomic mass is 10.2. The molecule has 1 saturated heterocycles. The van der Waals surface area contributed by atoms with E-state index < -0.39 is 0 Å². The van der Waals surface area contributed by atoms with E-state index in [0.29, 0.717) is 25.3 Å². The molecule has 27 heavy (non-hydrogen) atoms. The first-order chi connectivity index (χ1) is 13.2. The molecular weight excluding hydrogens is 346 g/mol. The average Bonchev–Trinajstić information content (AvgIpc) is 3.33. The summed E-state index contributed by atoms with van der Waals surface area (Å²) < 4.78 is 9.38. The van der Waals surface area contributed by atoms with E-state index in [9.17, 15) is 4.79 Å². The molecule has 4 rings (SSSR count). The van der Waals surface area contributed by atoms with Gasteiger partial charge in [0.2, 0.25) is 5.95 Å². The van der Waals surface area contributed by atoms with Gasteiger partial charge in [0.25, 0.3) is 5.91 Å². The lowest BCUT2D eigenvalue weighted by Crippen LogP contribution is -2.37. The average molecular weight is 369 g/mol. The van der Waals surface area contributed by atoms with Crippen molar-refractivity contribution in [2.45, 2.75) is 13.0 Å². The van der Waals surface area contributed by atoms with E-state index in [4.69, 9.17) is 9.72 Å². The van der Waals surface area contributed by atoms with Crippen molar-refractivity contribution in [1.29, 1.82) is 0 Å². The fourth-order valence-electron chi connectivity index (χ4n) is 3.28. The molecule has 0 atom stereocenters.